The van der Waals surface area contributed by atoms with Gasteiger partial charge in [-0.1, -0.05) is 12.1 Å². The predicted molar refractivity (Wildman–Crippen MR) is 59.3 cm³/mol. The number of nitrogens with two attached hydrogens (primary N) is 1. The minimum atomic E-state index is -0.286. The van der Waals surface area contributed by atoms with E-state index >= 15 is 0 Å². The summed E-state index contributed by atoms with van der Waals surface area (Å²) in [6, 6.07) is 5.85. The van der Waals surface area contributed by atoms with E-state index in [2.05, 4.69) is 5.32 Å². The number of halogens is 2. The average Bonchev–Trinajstić information content (AvgIpc) is 2.18. The fraction of sp³-hybridized carbons (Fsp3) is 0.300. The summed E-state index contributed by atoms with van der Waals surface area (Å²) in [4.78, 5) is 11.0. The van der Waals surface area contributed by atoms with Gasteiger partial charge in [-0.2, -0.15) is 0 Å². The van der Waals surface area contributed by atoms with Crippen LogP contribution in [0.5, 0.6) is 0 Å². The summed E-state index contributed by atoms with van der Waals surface area (Å²) in [6.07, 6.45) is 0. The van der Waals surface area contributed by atoms with Gasteiger partial charge in [0.2, 0.25) is 5.91 Å². The van der Waals surface area contributed by atoms with Crippen LogP contribution in [-0.2, 0) is 4.79 Å². The molecule has 1 amide bonds. The standard InChI is InChI=1S/C10H13FN2O.ClH/c1-7(13-10(14)6-12)8-2-4-9(11)5-3-8;/h2-5,7H,6,12H2,1H3,(H,13,14);1H. The van der Waals surface area contributed by atoms with E-state index in [1.54, 1.807) is 12.1 Å². The molecule has 1 atom stereocenters. The van der Waals surface area contributed by atoms with Crippen molar-refractivity contribution in [2.24, 2.45) is 5.73 Å². The quantitative estimate of drug-likeness (QED) is 0.828. The molecule has 0 saturated heterocycles. The van der Waals surface area contributed by atoms with Crippen LogP contribution in [0.25, 0.3) is 0 Å². The van der Waals surface area contributed by atoms with Crippen LogP contribution in [-0.4, -0.2) is 12.5 Å². The molecule has 1 aromatic carbocycles. The number of carbonyl (C=O) groups excluding carboxylic acids is 1. The predicted octanol–water partition coefficient (Wildman–Crippen LogP) is 1.38. The molecular formula is C10H14ClFN2O. The molecule has 15 heavy (non-hydrogen) atoms. The molecular weight excluding hydrogens is 219 g/mol. The molecule has 0 fully saturated rings. The SMILES string of the molecule is CC(NC(=O)CN)c1ccc(F)cc1.Cl. The van der Waals surface area contributed by atoms with Crippen LogP contribution in [0.1, 0.15) is 18.5 Å². The number of nitrogens with one attached hydrogen (secondary N) is 1. The van der Waals surface area contributed by atoms with Crippen LogP contribution in [0, 0.1) is 5.82 Å². The monoisotopic (exact) mass is 232 g/mol. The maximum absolute atomic E-state index is 12.6. The Balaban J connectivity index is 0.00000196. The first kappa shape index (κ1) is 13.9. The van der Waals surface area contributed by atoms with Gasteiger partial charge >= 0.3 is 0 Å². The second kappa shape index (κ2) is 6.37. The second-order valence-electron chi connectivity index (χ2n) is 3.04. The van der Waals surface area contributed by atoms with E-state index < -0.39 is 0 Å². The minimum Gasteiger partial charge on any atom is -0.348 e. The Morgan fingerprint density at radius 3 is 2.47 bits per heavy atom. The van der Waals surface area contributed by atoms with Crippen molar-refractivity contribution < 1.29 is 9.18 Å². The smallest absolute Gasteiger partial charge is 0.234 e. The zero-order valence-corrected chi connectivity index (χ0v) is 9.18. The summed E-state index contributed by atoms with van der Waals surface area (Å²) in [5, 5.41) is 2.68. The molecule has 1 aromatic rings. The van der Waals surface area contributed by atoms with Gasteiger partial charge in [0, 0.05) is 0 Å². The third-order valence-corrected chi connectivity index (χ3v) is 1.93. The lowest BCUT2D eigenvalue weighted by Gasteiger charge is -2.13. The van der Waals surface area contributed by atoms with E-state index in [1.165, 1.54) is 12.1 Å². The zero-order chi connectivity index (χ0) is 10.6. The highest BCUT2D eigenvalue weighted by Gasteiger charge is 2.07. The van der Waals surface area contributed by atoms with E-state index in [0.29, 0.717) is 0 Å². The van der Waals surface area contributed by atoms with Crippen LogP contribution in [0.2, 0.25) is 0 Å². The summed E-state index contributed by atoms with van der Waals surface area (Å²) >= 11 is 0. The summed E-state index contributed by atoms with van der Waals surface area (Å²) in [6.45, 7) is 1.78. The Kier molecular flexibility index (Phi) is 5.89. The van der Waals surface area contributed by atoms with Crippen molar-refractivity contribution in [3.63, 3.8) is 0 Å². The lowest BCUT2D eigenvalue weighted by atomic mass is 10.1. The third kappa shape index (κ3) is 4.27. The minimum absolute atomic E-state index is 0. The van der Waals surface area contributed by atoms with Crippen LogP contribution in [0.3, 0.4) is 0 Å². The zero-order valence-electron chi connectivity index (χ0n) is 8.37. The van der Waals surface area contributed by atoms with Crippen LogP contribution in [0.15, 0.2) is 24.3 Å². The Hall–Kier alpha value is -1.13. The van der Waals surface area contributed by atoms with Gasteiger partial charge in [0.25, 0.3) is 0 Å². The molecule has 1 rings (SSSR count). The van der Waals surface area contributed by atoms with E-state index in [1.807, 2.05) is 6.92 Å². The average molecular weight is 233 g/mol. The van der Waals surface area contributed by atoms with Crippen molar-refractivity contribution in [3.05, 3.63) is 35.6 Å². The molecule has 0 aromatic heterocycles. The molecule has 0 aliphatic rings. The Bertz CT molecular complexity index is 316. The van der Waals surface area contributed by atoms with Crippen molar-refractivity contribution in [2.45, 2.75) is 13.0 Å². The van der Waals surface area contributed by atoms with E-state index in [-0.39, 0.29) is 36.7 Å². The number of amides is 1. The number of carbonyl (C=O) groups is 1. The maximum Gasteiger partial charge on any atom is 0.234 e. The van der Waals surface area contributed by atoms with E-state index in [0.717, 1.165) is 5.56 Å². The molecule has 0 radical (unpaired) electrons. The van der Waals surface area contributed by atoms with Gasteiger partial charge in [0.15, 0.2) is 0 Å². The van der Waals surface area contributed by atoms with Crippen molar-refractivity contribution in [2.75, 3.05) is 6.54 Å². The van der Waals surface area contributed by atoms with Crippen molar-refractivity contribution in [1.82, 2.24) is 5.32 Å². The second-order valence-corrected chi connectivity index (χ2v) is 3.04. The molecule has 0 aliphatic carbocycles. The van der Waals surface area contributed by atoms with Gasteiger partial charge in [0.05, 0.1) is 12.6 Å². The molecule has 84 valence electrons. The molecule has 0 bridgehead atoms. The normalized spacial score (nSPS) is 11.4. The van der Waals surface area contributed by atoms with Gasteiger partial charge in [-0.05, 0) is 24.6 Å². The molecule has 0 spiro atoms. The molecule has 0 saturated carbocycles. The topological polar surface area (TPSA) is 55.1 Å². The van der Waals surface area contributed by atoms with Gasteiger partial charge < -0.3 is 11.1 Å². The fourth-order valence-corrected chi connectivity index (χ4v) is 1.14. The Morgan fingerprint density at radius 1 is 1.47 bits per heavy atom. The summed E-state index contributed by atoms with van der Waals surface area (Å²) in [5.41, 5.74) is 6.01. The van der Waals surface area contributed by atoms with Crippen LogP contribution in [0.4, 0.5) is 4.39 Å². The lowest BCUT2D eigenvalue weighted by molar-refractivity contribution is -0.120. The maximum atomic E-state index is 12.6. The summed E-state index contributed by atoms with van der Waals surface area (Å²) < 4.78 is 12.6. The fourth-order valence-electron chi connectivity index (χ4n) is 1.14. The molecule has 1 unspecified atom stereocenters. The van der Waals surface area contributed by atoms with Gasteiger partial charge in [0.1, 0.15) is 5.82 Å². The first-order valence-electron chi connectivity index (χ1n) is 4.38. The Labute approximate surface area is 94.3 Å². The number of benzene rings is 1. The van der Waals surface area contributed by atoms with Gasteiger partial charge in [-0.25, -0.2) is 4.39 Å². The third-order valence-electron chi connectivity index (χ3n) is 1.93. The van der Waals surface area contributed by atoms with Crippen molar-refractivity contribution >= 4 is 18.3 Å². The van der Waals surface area contributed by atoms with Crippen molar-refractivity contribution in [1.29, 1.82) is 0 Å². The number of hydrogen-bond acceptors (Lipinski definition) is 2. The lowest BCUT2D eigenvalue weighted by Crippen LogP contribution is -2.32. The first-order valence-corrected chi connectivity index (χ1v) is 4.38. The molecule has 0 heterocycles. The van der Waals surface area contributed by atoms with E-state index in [9.17, 15) is 9.18 Å². The highest BCUT2D eigenvalue weighted by Crippen LogP contribution is 2.12. The summed E-state index contributed by atoms with van der Waals surface area (Å²) in [7, 11) is 0. The number of rotatable bonds is 3. The molecule has 3 N–H and O–H groups in total. The largest absolute Gasteiger partial charge is 0.348 e. The highest BCUT2D eigenvalue weighted by atomic mass is 35.5. The molecule has 0 aliphatic heterocycles. The molecule has 5 heteroatoms. The van der Waals surface area contributed by atoms with Crippen LogP contribution >= 0.6 is 12.4 Å². The van der Waals surface area contributed by atoms with E-state index in [4.69, 9.17) is 5.73 Å². The van der Waals surface area contributed by atoms with Gasteiger partial charge in [-0.15, -0.1) is 12.4 Å². The number of hydrogen-bond donors (Lipinski definition) is 2. The first-order chi connectivity index (χ1) is 6.63. The Morgan fingerprint density at radius 2 is 2.00 bits per heavy atom. The van der Waals surface area contributed by atoms with Gasteiger partial charge in [-0.3, -0.25) is 4.79 Å². The molecule has 3 nitrogen and oxygen atoms in total. The van der Waals surface area contributed by atoms with Crippen molar-refractivity contribution in [3.8, 4) is 0 Å². The summed E-state index contributed by atoms with van der Waals surface area (Å²) in [5.74, 6) is -0.507. The van der Waals surface area contributed by atoms with Crippen LogP contribution < -0.4 is 11.1 Å². The highest BCUT2D eigenvalue weighted by molar-refractivity contribution is 5.85.